The van der Waals surface area contributed by atoms with Crippen molar-refractivity contribution in [2.75, 3.05) is 37.7 Å². The van der Waals surface area contributed by atoms with Crippen molar-refractivity contribution in [3.05, 3.63) is 51.8 Å². The van der Waals surface area contributed by atoms with Crippen LogP contribution in [-0.4, -0.2) is 76.6 Å². The number of rotatable bonds is 5. The predicted molar refractivity (Wildman–Crippen MR) is 166 cm³/mol. The summed E-state index contributed by atoms with van der Waals surface area (Å²) < 4.78 is 52.8. The van der Waals surface area contributed by atoms with Crippen molar-refractivity contribution in [3.8, 4) is 24.1 Å². The van der Waals surface area contributed by atoms with Gasteiger partial charge < -0.3 is 20.1 Å². The Morgan fingerprint density at radius 3 is 2.91 bits per heavy atom. The third kappa shape index (κ3) is 4.42. The van der Waals surface area contributed by atoms with Crippen LogP contribution in [-0.2, 0) is 0 Å². The average molecular weight is 616 g/mol. The molecule has 0 spiro atoms. The molecule has 1 aliphatic carbocycles. The monoisotopic (exact) mass is 615 g/mol. The van der Waals surface area contributed by atoms with Crippen LogP contribution in [0.15, 0.2) is 24.3 Å². The third-order valence-electron chi connectivity index (χ3n) is 10.8. The largest absolute Gasteiger partial charge is 0.508 e. The highest BCUT2D eigenvalue weighted by molar-refractivity contribution is 5.96. The van der Waals surface area contributed by atoms with Gasteiger partial charge in [0.25, 0.3) is 0 Å². The fraction of sp³-hybridized carbons (Fsp3) is 0.486. The van der Waals surface area contributed by atoms with Crippen LogP contribution in [0, 0.1) is 18.2 Å². The summed E-state index contributed by atoms with van der Waals surface area (Å²) in [5.74, 6) is 1.03. The van der Waals surface area contributed by atoms with Gasteiger partial charge in [0, 0.05) is 48.7 Å². The van der Waals surface area contributed by atoms with Gasteiger partial charge in [0.15, 0.2) is 0 Å². The molecule has 2 aromatic carbocycles. The maximum Gasteiger partial charge on any atom is 0.319 e. The second-order valence-electron chi connectivity index (χ2n) is 13.3. The highest BCUT2D eigenvalue weighted by Gasteiger charge is 2.49. The van der Waals surface area contributed by atoms with Crippen LogP contribution in [0.3, 0.4) is 0 Å². The molecule has 0 radical (unpaired) electrons. The summed E-state index contributed by atoms with van der Waals surface area (Å²) in [6.45, 7) is 5.07. The minimum atomic E-state index is -0.922. The quantitative estimate of drug-likeness (QED) is 0.424. The van der Waals surface area contributed by atoms with Gasteiger partial charge >= 0.3 is 6.01 Å². The molecular weight excluding hydrogens is 579 g/mol. The zero-order valence-corrected chi connectivity index (χ0v) is 25.3. The second kappa shape index (κ2) is 10.6. The third-order valence-corrected chi connectivity index (χ3v) is 10.8. The summed E-state index contributed by atoms with van der Waals surface area (Å²) in [5.41, 5.74) is 0.828. The summed E-state index contributed by atoms with van der Waals surface area (Å²) in [5, 5.41) is 16.1. The standard InChI is InChI=1S/C35H36F3N5O2/c1-3-21-17-43-22(15-39-21)7-8-25-29(26-13-23(44)12-19-6-9-27(37)24(4-2)28(19)26)31(38)32-30(25)33(43)41-34(40-32)45-18-35-10-5-11-42(35)16-20(36)14-35/h2,6,9,12-13,20-22,29,39,44H,3,5,7-8,10-11,14-18H2,1H3/t20-,21-,22-,29?,35+/m1/s1. The maximum atomic E-state index is 17.0. The number of anilines is 1. The first kappa shape index (κ1) is 28.6. The highest BCUT2D eigenvalue weighted by atomic mass is 19.1. The maximum absolute atomic E-state index is 17.0. The second-order valence-corrected chi connectivity index (χ2v) is 13.3. The van der Waals surface area contributed by atoms with Crippen LogP contribution in [0.25, 0.3) is 22.2 Å². The van der Waals surface area contributed by atoms with Crippen molar-refractivity contribution in [1.29, 1.82) is 0 Å². The molecule has 10 heteroatoms. The van der Waals surface area contributed by atoms with E-state index in [-0.39, 0.29) is 41.4 Å². The zero-order chi connectivity index (χ0) is 31.0. The Balaban J connectivity index is 1.31. The van der Waals surface area contributed by atoms with Gasteiger partial charge in [0.2, 0.25) is 0 Å². The minimum absolute atomic E-state index is 0.0336. The Morgan fingerprint density at radius 2 is 2.09 bits per heavy atom. The van der Waals surface area contributed by atoms with Crippen molar-refractivity contribution in [1.82, 2.24) is 20.2 Å². The molecule has 1 unspecified atom stereocenters. The number of ether oxygens (including phenoxy) is 1. The minimum Gasteiger partial charge on any atom is -0.508 e. The van der Waals surface area contributed by atoms with E-state index in [1.165, 1.54) is 18.2 Å². The number of benzene rings is 2. The molecule has 5 atom stereocenters. The Kier molecular flexibility index (Phi) is 6.77. The fourth-order valence-corrected chi connectivity index (χ4v) is 8.65. The van der Waals surface area contributed by atoms with Gasteiger partial charge in [-0.05, 0) is 73.4 Å². The van der Waals surface area contributed by atoms with Gasteiger partial charge in [-0.15, -0.1) is 6.42 Å². The zero-order valence-electron chi connectivity index (χ0n) is 25.3. The van der Waals surface area contributed by atoms with Gasteiger partial charge in [0.05, 0.1) is 17.0 Å². The number of nitrogens with one attached hydrogen (secondary N) is 1. The molecule has 3 aromatic rings. The molecule has 3 saturated heterocycles. The number of halogens is 3. The lowest BCUT2D eigenvalue weighted by Gasteiger charge is -2.40. The van der Waals surface area contributed by atoms with Crippen molar-refractivity contribution < 1.29 is 23.0 Å². The lowest BCUT2D eigenvalue weighted by molar-refractivity contribution is 0.107. The Labute approximate surface area is 259 Å². The smallest absolute Gasteiger partial charge is 0.319 e. The first-order valence-corrected chi connectivity index (χ1v) is 16.0. The number of hydrogen-bond donors (Lipinski definition) is 2. The molecule has 2 N–H and O–H groups in total. The van der Waals surface area contributed by atoms with Gasteiger partial charge in [-0.1, -0.05) is 18.9 Å². The number of phenolic OH excluding ortho intramolecular Hbond substituents is 1. The summed E-state index contributed by atoms with van der Waals surface area (Å²) >= 11 is 0. The molecule has 4 aliphatic heterocycles. The first-order chi connectivity index (χ1) is 21.8. The molecule has 45 heavy (non-hydrogen) atoms. The van der Waals surface area contributed by atoms with Crippen LogP contribution in [0.5, 0.6) is 11.8 Å². The molecule has 7 nitrogen and oxygen atoms in total. The van der Waals surface area contributed by atoms with E-state index in [0.29, 0.717) is 53.3 Å². The molecule has 5 aliphatic rings. The number of nitrogens with zero attached hydrogens (tertiary/aromatic N) is 4. The molecule has 5 heterocycles. The van der Waals surface area contributed by atoms with Crippen LogP contribution in [0.2, 0.25) is 0 Å². The number of aromatic hydroxyl groups is 1. The molecule has 0 saturated carbocycles. The predicted octanol–water partition coefficient (Wildman–Crippen LogP) is 3.79. The Morgan fingerprint density at radius 1 is 1.22 bits per heavy atom. The number of phenols is 1. The molecular formula is C35H36F3N5O2. The topological polar surface area (TPSA) is 73.8 Å². The van der Waals surface area contributed by atoms with E-state index in [1.807, 2.05) is 0 Å². The molecule has 0 bridgehead atoms. The summed E-state index contributed by atoms with van der Waals surface area (Å²) in [4.78, 5) is 14.1. The fourth-order valence-electron chi connectivity index (χ4n) is 8.65. The molecule has 234 valence electrons. The average Bonchev–Trinajstić information content (AvgIpc) is 3.61. The number of aromatic nitrogens is 2. The van der Waals surface area contributed by atoms with Crippen molar-refractivity contribution >= 4 is 28.0 Å². The van der Waals surface area contributed by atoms with Crippen LogP contribution in [0.4, 0.5) is 19.0 Å². The Hall–Kier alpha value is -3.81. The van der Waals surface area contributed by atoms with Gasteiger partial charge in [-0.2, -0.15) is 9.97 Å². The van der Waals surface area contributed by atoms with Gasteiger partial charge in [-0.3, -0.25) is 4.90 Å². The van der Waals surface area contributed by atoms with E-state index in [9.17, 15) is 9.50 Å². The van der Waals surface area contributed by atoms with Crippen LogP contribution < -0.4 is 25.5 Å². The van der Waals surface area contributed by atoms with Crippen molar-refractivity contribution in [2.45, 2.75) is 75.2 Å². The summed E-state index contributed by atoms with van der Waals surface area (Å²) in [6, 6.07) is 6.26. The summed E-state index contributed by atoms with van der Waals surface area (Å²) in [7, 11) is 0. The van der Waals surface area contributed by atoms with E-state index < -0.39 is 29.3 Å². The van der Waals surface area contributed by atoms with Gasteiger partial charge in [0.1, 0.15) is 41.3 Å². The molecule has 8 rings (SSSR count). The SMILES string of the molecule is C#Cc1c(F)ccc2cc(O)cc(C3C(F)=c4nc(OC[C@@]56CCCN5C[C@H](F)C6)nc5c4=C3CC[C@@H]3CN[C@H](CC)CN53)c12. The normalized spacial score (nSPS) is 29.0. The number of alkyl halides is 1. The Bertz CT molecular complexity index is 1890. The molecule has 1 aromatic heterocycles. The van der Waals surface area contributed by atoms with Crippen molar-refractivity contribution in [3.63, 3.8) is 0 Å². The van der Waals surface area contributed by atoms with E-state index in [1.54, 1.807) is 6.07 Å². The number of hydrogen-bond acceptors (Lipinski definition) is 7. The van der Waals surface area contributed by atoms with E-state index in [4.69, 9.17) is 16.1 Å². The lowest BCUT2D eigenvalue weighted by Crippen LogP contribution is -2.58. The lowest BCUT2D eigenvalue weighted by atomic mass is 9.84. The first-order valence-electron chi connectivity index (χ1n) is 16.0. The number of piperazine rings is 1. The summed E-state index contributed by atoms with van der Waals surface area (Å²) in [6.07, 6.45) is 9.35. The van der Waals surface area contributed by atoms with Crippen LogP contribution in [0.1, 0.15) is 62.5 Å². The van der Waals surface area contributed by atoms with E-state index in [2.05, 4.69) is 32.9 Å². The van der Waals surface area contributed by atoms with Crippen LogP contribution >= 0.6 is 0 Å². The van der Waals surface area contributed by atoms with Gasteiger partial charge in [-0.25, -0.2) is 13.2 Å². The molecule has 3 fully saturated rings. The van der Waals surface area contributed by atoms with Crippen molar-refractivity contribution in [2.24, 2.45) is 0 Å². The van der Waals surface area contributed by atoms with E-state index in [0.717, 1.165) is 44.3 Å². The molecule has 0 amide bonds. The number of fused-ring (bicyclic) bond motifs is 4. The highest BCUT2D eigenvalue weighted by Crippen LogP contribution is 2.46. The number of terminal acetylenes is 1. The van der Waals surface area contributed by atoms with E-state index >= 15 is 8.78 Å².